The third-order valence-corrected chi connectivity index (χ3v) is 8.01. The first-order valence-electron chi connectivity index (χ1n) is 11.1. The summed E-state index contributed by atoms with van der Waals surface area (Å²) < 4.78 is 30.9. The number of hydrogen-bond donors (Lipinski definition) is 1. The fourth-order valence-electron chi connectivity index (χ4n) is 4.30. The lowest BCUT2D eigenvalue weighted by Gasteiger charge is -2.33. The number of hydrogen-bond acceptors (Lipinski definition) is 6. The number of nitrogens with one attached hydrogen (secondary N) is 1. The quantitative estimate of drug-likeness (QED) is 0.377. The Bertz CT molecular complexity index is 1470. The minimum absolute atomic E-state index is 0.0195. The van der Waals surface area contributed by atoms with Gasteiger partial charge in [0.05, 0.1) is 29.0 Å². The van der Waals surface area contributed by atoms with Crippen molar-refractivity contribution in [2.75, 3.05) is 24.5 Å². The van der Waals surface area contributed by atoms with Crippen LogP contribution in [0.1, 0.15) is 25.3 Å². The zero-order chi connectivity index (χ0) is 23.3. The minimum atomic E-state index is -3.38. The Balaban J connectivity index is 1.84. The van der Waals surface area contributed by atoms with E-state index >= 15 is 0 Å². The van der Waals surface area contributed by atoms with Crippen molar-refractivity contribution in [1.29, 1.82) is 0 Å². The van der Waals surface area contributed by atoms with E-state index in [9.17, 15) is 13.6 Å². The number of benzene rings is 2. The molecule has 0 bridgehead atoms. The van der Waals surface area contributed by atoms with Crippen LogP contribution in [-0.4, -0.2) is 37.8 Å². The van der Waals surface area contributed by atoms with E-state index in [0.29, 0.717) is 35.1 Å². The molecule has 1 aliphatic carbocycles. The lowest BCUT2D eigenvalue weighted by molar-refractivity contribution is 0.419. The number of fused-ring (bicyclic) bond motifs is 3. The Morgan fingerprint density at radius 1 is 1.24 bits per heavy atom. The van der Waals surface area contributed by atoms with E-state index in [1.807, 2.05) is 25.1 Å². The molecule has 2 aromatic carbocycles. The number of hydroxylamine groups is 1. The Morgan fingerprint density at radius 2 is 2.03 bits per heavy atom. The number of nitrogens with zero attached hydrogens (tertiary/aromatic N) is 2. The first-order valence-corrected chi connectivity index (χ1v) is 12.7. The highest BCUT2D eigenvalue weighted by atomic mass is 32.2. The molecule has 33 heavy (non-hydrogen) atoms. The molecule has 1 N–H and O–H groups in total. The predicted molar refractivity (Wildman–Crippen MR) is 131 cm³/mol. The number of aryl methyl sites for hydroxylation is 1. The number of aromatic nitrogens is 2. The Labute approximate surface area is 192 Å². The van der Waals surface area contributed by atoms with E-state index < -0.39 is 9.84 Å². The molecule has 2 heterocycles. The van der Waals surface area contributed by atoms with Crippen LogP contribution in [0.15, 0.2) is 47.5 Å². The van der Waals surface area contributed by atoms with Crippen molar-refractivity contribution in [2.24, 2.45) is 5.92 Å². The summed E-state index contributed by atoms with van der Waals surface area (Å²) in [5, 5.41) is 15.9. The van der Waals surface area contributed by atoms with E-state index in [-0.39, 0.29) is 10.6 Å². The zero-order valence-corrected chi connectivity index (χ0v) is 19.7. The van der Waals surface area contributed by atoms with Crippen LogP contribution in [0.5, 0.6) is 5.75 Å². The van der Waals surface area contributed by atoms with Crippen LogP contribution in [0.4, 0.5) is 5.69 Å². The number of anilines is 1. The molecule has 8 heteroatoms. The van der Waals surface area contributed by atoms with E-state index in [4.69, 9.17) is 4.74 Å². The number of methoxy groups -OCH3 is 1. The van der Waals surface area contributed by atoms with Gasteiger partial charge in [0, 0.05) is 23.5 Å². The summed E-state index contributed by atoms with van der Waals surface area (Å²) in [6, 6.07) is 10.8. The second kappa shape index (κ2) is 8.04. The summed E-state index contributed by atoms with van der Waals surface area (Å²) in [5.74, 6) is 0.889. The second-order valence-electron chi connectivity index (χ2n) is 8.70. The molecule has 4 aromatic rings. The van der Waals surface area contributed by atoms with Gasteiger partial charge in [-0.2, -0.15) is 0 Å². The van der Waals surface area contributed by atoms with Gasteiger partial charge < -0.3 is 20.0 Å². The molecular formula is C25H26N3O4S-. The predicted octanol–water partition coefficient (Wildman–Crippen LogP) is 5.21. The van der Waals surface area contributed by atoms with Crippen LogP contribution >= 0.6 is 0 Å². The summed E-state index contributed by atoms with van der Waals surface area (Å²) in [5.41, 5.74) is 4.28. The van der Waals surface area contributed by atoms with Gasteiger partial charge in [-0.05, 0) is 66.6 Å². The number of pyridine rings is 1. The SMILES string of the molecule is CCS(=O)(=O)c1cccc(-c2cc(N([O-])CC3CC3)c(OC)c3[nH]c4ncc(C)cc4c23)c1. The maximum absolute atomic E-state index is 13.2. The monoisotopic (exact) mass is 464 g/mol. The van der Waals surface area contributed by atoms with Gasteiger partial charge >= 0.3 is 0 Å². The largest absolute Gasteiger partial charge is 0.758 e. The first-order chi connectivity index (χ1) is 15.8. The molecule has 0 atom stereocenters. The average molecular weight is 465 g/mol. The van der Waals surface area contributed by atoms with E-state index in [0.717, 1.165) is 45.4 Å². The van der Waals surface area contributed by atoms with Gasteiger partial charge in [0.25, 0.3) is 0 Å². The second-order valence-corrected chi connectivity index (χ2v) is 11.0. The number of rotatable bonds is 7. The van der Waals surface area contributed by atoms with Crippen LogP contribution < -0.4 is 9.80 Å². The van der Waals surface area contributed by atoms with Crippen LogP contribution in [-0.2, 0) is 9.84 Å². The van der Waals surface area contributed by atoms with Crippen molar-refractivity contribution in [1.82, 2.24) is 9.97 Å². The van der Waals surface area contributed by atoms with Gasteiger partial charge in [0.2, 0.25) is 0 Å². The molecule has 0 unspecified atom stereocenters. The van der Waals surface area contributed by atoms with Crippen molar-refractivity contribution >= 4 is 37.5 Å². The lowest BCUT2D eigenvalue weighted by Crippen LogP contribution is -2.18. The minimum Gasteiger partial charge on any atom is -0.758 e. The fraction of sp³-hybridized carbons (Fsp3) is 0.320. The van der Waals surface area contributed by atoms with Crippen molar-refractivity contribution in [2.45, 2.75) is 31.6 Å². The normalized spacial score (nSPS) is 14.2. The summed E-state index contributed by atoms with van der Waals surface area (Å²) in [6.07, 6.45) is 3.90. The topological polar surface area (TPSA) is 98.4 Å². The highest BCUT2D eigenvalue weighted by Crippen LogP contribution is 2.46. The maximum Gasteiger partial charge on any atom is 0.178 e. The fourth-order valence-corrected chi connectivity index (χ4v) is 5.23. The third kappa shape index (κ3) is 3.83. The molecule has 0 amide bonds. The lowest BCUT2D eigenvalue weighted by atomic mass is 9.98. The summed E-state index contributed by atoms with van der Waals surface area (Å²) >= 11 is 0. The molecular weight excluding hydrogens is 438 g/mol. The molecule has 1 fully saturated rings. The molecule has 2 aromatic heterocycles. The van der Waals surface area contributed by atoms with E-state index in [1.165, 1.54) is 0 Å². The third-order valence-electron chi connectivity index (χ3n) is 6.28. The molecule has 0 aliphatic heterocycles. The Morgan fingerprint density at radius 3 is 2.73 bits per heavy atom. The van der Waals surface area contributed by atoms with Crippen LogP contribution in [0, 0.1) is 18.0 Å². The number of H-pyrrole nitrogens is 1. The van der Waals surface area contributed by atoms with Gasteiger partial charge in [-0.25, -0.2) is 13.4 Å². The van der Waals surface area contributed by atoms with Crippen molar-refractivity contribution in [3.8, 4) is 16.9 Å². The standard InChI is InChI=1S/C25H26N3O4S/c1-4-33(30,31)18-7-5-6-17(11-18)19-12-21(28(29)14-16-8-9-16)24(32-3)23-22(19)20-10-15(2)13-26-25(20)27-23/h5-7,10-13,16H,4,8-9,14H2,1-3H3,(H,26,27)/q-1. The van der Waals surface area contributed by atoms with Crippen LogP contribution in [0.2, 0.25) is 0 Å². The Kier molecular flexibility index (Phi) is 5.29. The maximum atomic E-state index is 13.2. The zero-order valence-electron chi connectivity index (χ0n) is 18.9. The van der Waals surface area contributed by atoms with Gasteiger partial charge in [0.1, 0.15) is 5.65 Å². The summed E-state index contributed by atoms with van der Waals surface area (Å²) in [6.45, 7) is 4.01. The molecule has 0 radical (unpaired) electrons. The molecule has 172 valence electrons. The van der Waals surface area contributed by atoms with Gasteiger partial charge in [-0.15, -0.1) is 0 Å². The molecule has 5 rings (SSSR count). The molecule has 7 nitrogen and oxygen atoms in total. The highest BCUT2D eigenvalue weighted by Gasteiger charge is 2.25. The molecule has 1 aliphatic rings. The summed E-state index contributed by atoms with van der Waals surface area (Å²) in [7, 11) is -1.82. The van der Waals surface area contributed by atoms with Crippen molar-refractivity contribution in [3.63, 3.8) is 0 Å². The highest BCUT2D eigenvalue weighted by molar-refractivity contribution is 7.91. The number of sulfone groups is 1. The average Bonchev–Trinajstić information content (AvgIpc) is 3.55. The molecule has 0 saturated heterocycles. The van der Waals surface area contributed by atoms with E-state index in [1.54, 1.807) is 38.4 Å². The van der Waals surface area contributed by atoms with Gasteiger partial charge in [-0.1, -0.05) is 19.1 Å². The van der Waals surface area contributed by atoms with Crippen molar-refractivity contribution in [3.05, 3.63) is 53.4 Å². The van der Waals surface area contributed by atoms with Crippen LogP contribution in [0.3, 0.4) is 0 Å². The smallest absolute Gasteiger partial charge is 0.178 e. The van der Waals surface area contributed by atoms with Crippen LogP contribution in [0.25, 0.3) is 33.1 Å². The number of ether oxygens (including phenoxy) is 1. The summed E-state index contributed by atoms with van der Waals surface area (Å²) in [4.78, 5) is 8.13. The molecule has 0 spiro atoms. The molecule has 1 saturated carbocycles. The van der Waals surface area contributed by atoms with E-state index in [2.05, 4.69) is 9.97 Å². The number of aromatic amines is 1. The van der Waals surface area contributed by atoms with Gasteiger partial charge in [0.15, 0.2) is 15.6 Å². The first kappa shape index (κ1) is 21.7. The Hall–Kier alpha value is -3.10. The van der Waals surface area contributed by atoms with Gasteiger partial charge in [-0.3, -0.25) is 0 Å². The van der Waals surface area contributed by atoms with Crippen molar-refractivity contribution < 1.29 is 13.2 Å².